The summed E-state index contributed by atoms with van der Waals surface area (Å²) in [6.45, 7) is 7.37. The van der Waals surface area contributed by atoms with Gasteiger partial charge in [0.2, 0.25) is 5.91 Å². The Morgan fingerprint density at radius 2 is 2.29 bits per heavy atom. The van der Waals surface area contributed by atoms with Crippen molar-refractivity contribution in [2.45, 2.75) is 46.3 Å². The highest BCUT2D eigenvalue weighted by Crippen LogP contribution is 2.12. The molecule has 1 N–H and O–H groups in total. The van der Waals surface area contributed by atoms with E-state index in [0.717, 1.165) is 21.5 Å². The number of aromatic nitrogens is 4. The van der Waals surface area contributed by atoms with Crippen LogP contribution in [0, 0.1) is 10.5 Å². The molecule has 0 fully saturated rings. The minimum atomic E-state index is -0.0422. The van der Waals surface area contributed by atoms with Gasteiger partial charge in [0.1, 0.15) is 0 Å². The third kappa shape index (κ3) is 4.05. The fourth-order valence-electron chi connectivity index (χ4n) is 2.19. The summed E-state index contributed by atoms with van der Waals surface area (Å²) in [5.74, 6) is 0.0227. The fraction of sp³-hybridized carbons (Fsp3) is 0.500. The first-order valence-electron chi connectivity index (χ1n) is 7.02. The molecule has 0 bridgehead atoms. The lowest BCUT2D eigenvalue weighted by Gasteiger charge is -2.15. The quantitative estimate of drug-likeness (QED) is 0.756. The zero-order chi connectivity index (χ0) is 15.4. The Labute approximate surface area is 138 Å². The lowest BCUT2D eigenvalue weighted by Crippen LogP contribution is -2.29. The number of amides is 1. The van der Waals surface area contributed by atoms with E-state index in [0.29, 0.717) is 13.0 Å². The van der Waals surface area contributed by atoms with Gasteiger partial charge in [-0.15, -0.1) is 0 Å². The minimum absolute atomic E-state index is 0.0227. The standard InChI is InChI=1S/C14H20IN5O/c1-4-20-13(5-7-16-20)11(3)17-14(21)6-8-19-9-12(15)10(2)18-19/h5,7,9,11H,4,6,8H2,1-3H3,(H,17,21). The van der Waals surface area contributed by atoms with Gasteiger partial charge < -0.3 is 5.32 Å². The molecule has 0 saturated heterocycles. The van der Waals surface area contributed by atoms with Gasteiger partial charge in [0.25, 0.3) is 0 Å². The Balaban J connectivity index is 1.87. The molecular formula is C14H20IN5O. The van der Waals surface area contributed by atoms with E-state index < -0.39 is 0 Å². The first-order valence-corrected chi connectivity index (χ1v) is 8.09. The number of halogens is 1. The summed E-state index contributed by atoms with van der Waals surface area (Å²) in [6, 6.07) is 1.90. The van der Waals surface area contributed by atoms with Crippen LogP contribution in [0.4, 0.5) is 0 Å². The molecule has 0 aliphatic rings. The van der Waals surface area contributed by atoms with E-state index in [4.69, 9.17) is 0 Å². The minimum Gasteiger partial charge on any atom is -0.348 e. The SMILES string of the molecule is CCn1nccc1C(C)NC(=O)CCn1cc(I)c(C)n1. The maximum Gasteiger partial charge on any atom is 0.222 e. The first kappa shape index (κ1) is 16.0. The molecule has 0 aliphatic carbocycles. The Kier molecular flexibility index (Phi) is 5.38. The van der Waals surface area contributed by atoms with Crippen LogP contribution in [-0.2, 0) is 17.9 Å². The molecule has 1 unspecified atom stereocenters. The van der Waals surface area contributed by atoms with E-state index >= 15 is 0 Å². The molecule has 0 radical (unpaired) electrons. The van der Waals surface area contributed by atoms with Crippen molar-refractivity contribution >= 4 is 28.5 Å². The summed E-state index contributed by atoms with van der Waals surface area (Å²) >= 11 is 2.24. The van der Waals surface area contributed by atoms with Crippen LogP contribution >= 0.6 is 22.6 Å². The molecule has 7 heteroatoms. The molecule has 0 spiro atoms. The second-order valence-corrected chi connectivity index (χ2v) is 6.10. The summed E-state index contributed by atoms with van der Waals surface area (Å²) in [7, 11) is 0. The predicted octanol–water partition coefficient (Wildman–Crippen LogP) is 2.28. The van der Waals surface area contributed by atoms with Crippen LogP contribution in [0.2, 0.25) is 0 Å². The molecule has 0 aromatic carbocycles. The van der Waals surface area contributed by atoms with E-state index in [2.05, 4.69) is 38.1 Å². The van der Waals surface area contributed by atoms with Crippen LogP contribution < -0.4 is 5.32 Å². The van der Waals surface area contributed by atoms with Crippen molar-refractivity contribution in [1.82, 2.24) is 24.9 Å². The normalized spacial score (nSPS) is 12.4. The van der Waals surface area contributed by atoms with Crippen LogP contribution in [0.25, 0.3) is 0 Å². The van der Waals surface area contributed by atoms with Gasteiger partial charge in [0, 0.05) is 31.9 Å². The zero-order valence-corrected chi connectivity index (χ0v) is 14.7. The van der Waals surface area contributed by atoms with Crippen LogP contribution in [0.15, 0.2) is 18.5 Å². The van der Waals surface area contributed by atoms with Crippen LogP contribution in [0.1, 0.15) is 37.7 Å². The molecular weight excluding hydrogens is 381 g/mol. The van der Waals surface area contributed by atoms with Gasteiger partial charge in [-0.05, 0) is 49.4 Å². The lowest BCUT2D eigenvalue weighted by molar-refractivity contribution is -0.122. The van der Waals surface area contributed by atoms with Gasteiger partial charge >= 0.3 is 0 Å². The highest BCUT2D eigenvalue weighted by molar-refractivity contribution is 14.1. The van der Waals surface area contributed by atoms with Crippen LogP contribution in [0.5, 0.6) is 0 Å². The summed E-state index contributed by atoms with van der Waals surface area (Å²) in [4.78, 5) is 12.0. The van der Waals surface area contributed by atoms with Crippen molar-refractivity contribution in [1.29, 1.82) is 0 Å². The molecule has 0 saturated carbocycles. The number of hydrogen-bond acceptors (Lipinski definition) is 3. The highest BCUT2D eigenvalue weighted by atomic mass is 127. The van der Waals surface area contributed by atoms with E-state index in [9.17, 15) is 4.79 Å². The number of nitrogens with zero attached hydrogens (tertiary/aromatic N) is 4. The number of hydrogen-bond donors (Lipinski definition) is 1. The molecule has 0 aliphatic heterocycles. The molecule has 2 rings (SSSR count). The summed E-state index contributed by atoms with van der Waals surface area (Å²) in [5, 5.41) is 11.6. The maximum absolute atomic E-state index is 12.0. The average molecular weight is 401 g/mol. The van der Waals surface area contributed by atoms with Gasteiger partial charge in [-0.3, -0.25) is 14.2 Å². The summed E-state index contributed by atoms with van der Waals surface area (Å²) in [5.41, 5.74) is 2.02. The van der Waals surface area contributed by atoms with Crippen molar-refractivity contribution in [2.75, 3.05) is 0 Å². The molecule has 1 atom stereocenters. The predicted molar refractivity (Wildman–Crippen MR) is 88.8 cm³/mol. The van der Waals surface area contributed by atoms with Crippen LogP contribution in [-0.4, -0.2) is 25.5 Å². The lowest BCUT2D eigenvalue weighted by atomic mass is 10.2. The third-order valence-corrected chi connectivity index (χ3v) is 4.38. The number of nitrogens with one attached hydrogen (secondary N) is 1. The number of aryl methyl sites for hydroxylation is 3. The van der Waals surface area contributed by atoms with Crippen molar-refractivity contribution in [2.24, 2.45) is 0 Å². The summed E-state index contributed by atoms with van der Waals surface area (Å²) < 4.78 is 4.83. The van der Waals surface area contributed by atoms with Crippen molar-refractivity contribution in [3.63, 3.8) is 0 Å². The smallest absolute Gasteiger partial charge is 0.222 e. The van der Waals surface area contributed by atoms with Crippen molar-refractivity contribution in [3.05, 3.63) is 33.4 Å². The Bertz CT molecular complexity index is 599. The molecule has 2 heterocycles. The Morgan fingerprint density at radius 1 is 1.52 bits per heavy atom. The van der Waals surface area contributed by atoms with E-state index in [1.807, 2.05) is 42.4 Å². The second-order valence-electron chi connectivity index (χ2n) is 4.94. The molecule has 21 heavy (non-hydrogen) atoms. The topological polar surface area (TPSA) is 64.7 Å². The first-order chi connectivity index (χ1) is 10.0. The van der Waals surface area contributed by atoms with Crippen molar-refractivity contribution in [3.8, 4) is 0 Å². The Morgan fingerprint density at radius 3 is 2.90 bits per heavy atom. The number of rotatable bonds is 6. The van der Waals surface area contributed by atoms with Gasteiger partial charge in [0.05, 0.1) is 21.0 Å². The number of carbonyl (C=O) groups excluding carboxylic acids is 1. The van der Waals surface area contributed by atoms with E-state index in [1.54, 1.807) is 6.20 Å². The number of carbonyl (C=O) groups is 1. The van der Waals surface area contributed by atoms with Gasteiger partial charge in [-0.2, -0.15) is 10.2 Å². The van der Waals surface area contributed by atoms with E-state index in [-0.39, 0.29) is 11.9 Å². The largest absolute Gasteiger partial charge is 0.348 e. The molecule has 2 aromatic heterocycles. The van der Waals surface area contributed by atoms with Gasteiger partial charge in [-0.1, -0.05) is 0 Å². The molecule has 6 nitrogen and oxygen atoms in total. The van der Waals surface area contributed by atoms with Crippen LogP contribution in [0.3, 0.4) is 0 Å². The molecule has 114 valence electrons. The highest BCUT2D eigenvalue weighted by Gasteiger charge is 2.13. The van der Waals surface area contributed by atoms with Crippen molar-refractivity contribution < 1.29 is 4.79 Å². The Hall–Kier alpha value is -1.38. The summed E-state index contributed by atoms with van der Waals surface area (Å²) in [6.07, 6.45) is 4.14. The molecule has 2 aromatic rings. The second kappa shape index (κ2) is 7.06. The fourth-order valence-corrected chi connectivity index (χ4v) is 2.62. The maximum atomic E-state index is 12.0. The third-order valence-electron chi connectivity index (χ3n) is 3.32. The average Bonchev–Trinajstić information content (AvgIpc) is 3.03. The van der Waals surface area contributed by atoms with Gasteiger partial charge in [-0.25, -0.2) is 0 Å². The molecule has 1 amide bonds. The monoisotopic (exact) mass is 401 g/mol. The van der Waals surface area contributed by atoms with E-state index in [1.165, 1.54) is 0 Å². The zero-order valence-electron chi connectivity index (χ0n) is 12.5. The van der Waals surface area contributed by atoms with Gasteiger partial charge in [0.15, 0.2) is 0 Å².